The Kier molecular flexibility index (Phi) is 4.89. The average molecular weight is 437 g/mol. The van der Waals surface area contributed by atoms with Gasteiger partial charge in [-0.05, 0) is 36.6 Å². The highest BCUT2D eigenvalue weighted by molar-refractivity contribution is 8.16. The van der Waals surface area contributed by atoms with Crippen molar-refractivity contribution in [3.8, 4) is 0 Å². The zero-order valence-electron chi connectivity index (χ0n) is 18.0. The van der Waals surface area contributed by atoms with E-state index in [-0.39, 0.29) is 5.41 Å². The quantitative estimate of drug-likeness (QED) is 0.544. The van der Waals surface area contributed by atoms with Crippen LogP contribution in [0.1, 0.15) is 38.7 Å². The standard InChI is InChI=1S/C24H29N4PS/c1-24(2)20-14-8-9-15-21(20)26(3)23(24)22-18-25-28(19-12-6-4-7-13-19)29(22,30)27-16-10-5-11-17-27/h4,6-9,12-15,18H,5,10-11,16-17H2,1-3H3/b23-22+/t29-/m0/s1. The zero-order chi connectivity index (χ0) is 20.9. The maximum atomic E-state index is 6.67. The van der Waals surface area contributed by atoms with Gasteiger partial charge in [-0.1, -0.05) is 68.5 Å². The number of hydrogen-bond donors (Lipinski definition) is 0. The number of para-hydroxylation sites is 2. The molecule has 2 aromatic rings. The lowest BCUT2D eigenvalue weighted by Crippen LogP contribution is -2.34. The summed E-state index contributed by atoms with van der Waals surface area (Å²) < 4.78 is 4.74. The van der Waals surface area contributed by atoms with E-state index < -0.39 is 6.34 Å². The van der Waals surface area contributed by atoms with E-state index in [1.54, 1.807) is 0 Å². The van der Waals surface area contributed by atoms with E-state index in [4.69, 9.17) is 16.9 Å². The van der Waals surface area contributed by atoms with Crippen molar-refractivity contribution in [1.82, 2.24) is 4.67 Å². The molecular weight excluding hydrogens is 407 g/mol. The van der Waals surface area contributed by atoms with Gasteiger partial charge in [-0.3, -0.25) is 4.67 Å². The van der Waals surface area contributed by atoms with E-state index in [2.05, 4.69) is 96.1 Å². The molecule has 0 amide bonds. The molecule has 0 aromatic heterocycles. The topological polar surface area (TPSA) is 22.1 Å². The van der Waals surface area contributed by atoms with Crippen molar-refractivity contribution in [2.24, 2.45) is 5.10 Å². The van der Waals surface area contributed by atoms with Crippen molar-refractivity contribution in [1.29, 1.82) is 0 Å². The van der Waals surface area contributed by atoms with E-state index in [0.29, 0.717) is 0 Å². The summed E-state index contributed by atoms with van der Waals surface area (Å²) in [5, 5.41) is 6.19. The minimum absolute atomic E-state index is 0.112. The molecule has 3 heterocycles. The molecule has 3 aliphatic heterocycles. The van der Waals surface area contributed by atoms with Gasteiger partial charge in [0.2, 0.25) is 0 Å². The molecule has 0 unspecified atom stereocenters. The van der Waals surface area contributed by atoms with E-state index in [1.807, 2.05) is 0 Å². The number of piperidine rings is 1. The number of allylic oxidation sites excluding steroid dienone is 2. The zero-order valence-corrected chi connectivity index (χ0v) is 19.7. The van der Waals surface area contributed by atoms with Crippen LogP contribution in [0.4, 0.5) is 11.4 Å². The number of likely N-dealkylation sites (N-methyl/N-ethyl adjacent to an activating group) is 1. The Hall–Kier alpha value is -1.94. The minimum atomic E-state index is -2.27. The van der Waals surface area contributed by atoms with E-state index >= 15 is 0 Å². The molecule has 1 saturated heterocycles. The van der Waals surface area contributed by atoms with Gasteiger partial charge in [-0.25, -0.2) is 4.78 Å². The van der Waals surface area contributed by atoms with Gasteiger partial charge in [0, 0.05) is 36.9 Å². The number of benzene rings is 2. The van der Waals surface area contributed by atoms with E-state index in [0.717, 1.165) is 18.8 Å². The summed E-state index contributed by atoms with van der Waals surface area (Å²) in [4.78, 5) is 2.36. The van der Waals surface area contributed by atoms with Crippen molar-refractivity contribution >= 4 is 35.7 Å². The van der Waals surface area contributed by atoms with Crippen molar-refractivity contribution in [3.05, 3.63) is 71.2 Å². The number of anilines is 2. The molecule has 5 rings (SSSR count). The van der Waals surface area contributed by atoms with Crippen LogP contribution >= 0.6 is 6.34 Å². The molecular formula is C24H29N4PS. The van der Waals surface area contributed by atoms with Crippen LogP contribution in [0.5, 0.6) is 0 Å². The molecule has 4 nitrogen and oxygen atoms in total. The first-order valence-electron chi connectivity index (χ1n) is 10.8. The van der Waals surface area contributed by atoms with Gasteiger partial charge in [0.05, 0.1) is 17.2 Å². The average Bonchev–Trinajstić information content (AvgIpc) is 3.21. The summed E-state index contributed by atoms with van der Waals surface area (Å²) in [5.74, 6) is 0. The monoisotopic (exact) mass is 436 g/mol. The Morgan fingerprint density at radius 2 is 1.60 bits per heavy atom. The van der Waals surface area contributed by atoms with Crippen molar-refractivity contribution in [2.45, 2.75) is 38.5 Å². The fourth-order valence-electron chi connectivity index (χ4n) is 5.21. The van der Waals surface area contributed by atoms with Crippen molar-refractivity contribution in [3.63, 3.8) is 0 Å². The van der Waals surface area contributed by atoms with Crippen LogP contribution in [0.25, 0.3) is 0 Å². The molecule has 0 bridgehead atoms. The molecule has 6 heteroatoms. The molecule has 156 valence electrons. The number of hydrogen-bond acceptors (Lipinski definition) is 3. The Balaban J connectivity index is 1.72. The van der Waals surface area contributed by atoms with Gasteiger partial charge in [-0.15, -0.1) is 0 Å². The molecule has 0 saturated carbocycles. The van der Waals surface area contributed by atoms with Crippen LogP contribution in [0.2, 0.25) is 0 Å². The molecule has 30 heavy (non-hydrogen) atoms. The number of hydrazone groups is 1. The van der Waals surface area contributed by atoms with Gasteiger partial charge in [0.1, 0.15) is 0 Å². The van der Waals surface area contributed by atoms with Crippen LogP contribution in [0, 0.1) is 0 Å². The highest BCUT2D eigenvalue weighted by Gasteiger charge is 2.48. The van der Waals surface area contributed by atoms with Crippen LogP contribution in [0.3, 0.4) is 0 Å². The third-order valence-corrected chi connectivity index (χ3v) is 11.4. The lowest BCUT2D eigenvalue weighted by molar-refractivity contribution is 0.369. The fourth-order valence-corrected chi connectivity index (χ4v) is 9.63. The highest BCUT2D eigenvalue weighted by Crippen LogP contribution is 2.67. The first kappa shape index (κ1) is 20.0. The maximum absolute atomic E-state index is 6.67. The van der Waals surface area contributed by atoms with Gasteiger partial charge >= 0.3 is 0 Å². The summed E-state index contributed by atoms with van der Waals surface area (Å²) in [6, 6.07) is 19.2. The van der Waals surface area contributed by atoms with E-state index in [1.165, 1.54) is 41.5 Å². The van der Waals surface area contributed by atoms with Crippen LogP contribution in [-0.4, -0.2) is 31.0 Å². The Bertz CT molecular complexity index is 1070. The SMILES string of the molecule is CN1/C(=C2\C=NN(c3ccccc3)[P@@]2(=S)N2CCCCC2)C(C)(C)c2ccccc21. The van der Waals surface area contributed by atoms with Crippen molar-refractivity contribution < 1.29 is 0 Å². The van der Waals surface area contributed by atoms with Crippen LogP contribution in [-0.2, 0) is 17.2 Å². The molecule has 0 aliphatic carbocycles. The first-order valence-corrected chi connectivity index (χ1v) is 13.5. The summed E-state index contributed by atoms with van der Waals surface area (Å²) in [5.41, 5.74) is 4.92. The van der Waals surface area contributed by atoms with Crippen LogP contribution in [0.15, 0.2) is 70.7 Å². The lowest BCUT2D eigenvalue weighted by atomic mass is 9.84. The Labute approximate surface area is 185 Å². The Morgan fingerprint density at radius 1 is 0.933 bits per heavy atom. The highest BCUT2D eigenvalue weighted by atomic mass is 32.4. The Morgan fingerprint density at radius 3 is 2.30 bits per heavy atom. The maximum Gasteiger partial charge on any atom is 0.154 e. The molecule has 3 aliphatic rings. The molecule has 0 radical (unpaired) electrons. The second kappa shape index (κ2) is 7.33. The normalized spacial score (nSPS) is 28.2. The first-order chi connectivity index (χ1) is 14.5. The third-order valence-electron chi connectivity index (χ3n) is 6.67. The second-order valence-corrected chi connectivity index (χ2v) is 12.9. The van der Waals surface area contributed by atoms with Crippen LogP contribution < -0.4 is 9.68 Å². The predicted molar refractivity (Wildman–Crippen MR) is 132 cm³/mol. The molecule has 0 spiro atoms. The van der Waals surface area contributed by atoms with Gasteiger partial charge < -0.3 is 4.90 Å². The lowest BCUT2D eigenvalue weighted by Gasteiger charge is -2.42. The fraction of sp³-hybridized carbons (Fsp3) is 0.375. The number of fused-ring (bicyclic) bond motifs is 1. The number of nitrogens with zero attached hydrogens (tertiary/aromatic N) is 4. The molecule has 1 atom stereocenters. The molecule has 0 N–H and O–H groups in total. The largest absolute Gasteiger partial charge is 0.346 e. The smallest absolute Gasteiger partial charge is 0.154 e. The predicted octanol–water partition coefficient (Wildman–Crippen LogP) is 5.93. The molecule has 1 fully saturated rings. The summed E-state index contributed by atoms with van der Waals surface area (Å²) in [6.07, 6.45) is 3.52. The summed E-state index contributed by atoms with van der Waals surface area (Å²) >= 11 is 6.67. The second-order valence-electron chi connectivity index (χ2n) is 8.86. The van der Waals surface area contributed by atoms with Crippen molar-refractivity contribution in [2.75, 3.05) is 29.8 Å². The molecule has 2 aromatic carbocycles. The van der Waals surface area contributed by atoms with E-state index in [9.17, 15) is 0 Å². The minimum Gasteiger partial charge on any atom is -0.346 e. The number of rotatable bonds is 2. The van der Waals surface area contributed by atoms with Gasteiger partial charge in [-0.2, -0.15) is 5.10 Å². The van der Waals surface area contributed by atoms with Gasteiger partial charge in [0.15, 0.2) is 6.34 Å². The third kappa shape index (κ3) is 2.83. The summed E-state index contributed by atoms with van der Waals surface area (Å²) in [6.45, 7) is 6.76. The summed E-state index contributed by atoms with van der Waals surface area (Å²) in [7, 11) is 2.19. The van der Waals surface area contributed by atoms with Gasteiger partial charge in [0.25, 0.3) is 0 Å².